The summed E-state index contributed by atoms with van der Waals surface area (Å²) in [6.45, 7) is 1.46. The van der Waals surface area contributed by atoms with Crippen LogP contribution in [0.1, 0.15) is 24.3 Å². The molecule has 4 heteroatoms. The molecule has 0 saturated carbocycles. The highest BCUT2D eigenvalue weighted by Gasteiger charge is 2.24. The van der Waals surface area contributed by atoms with Crippen molar-refractivity contribution in [3.8, 4) is 0 Å². The number of benzene rings is 1. The first-order valence-corrected chi connectivity index (χ1v) is 6.80. The molecule has 2 heterocycles. The SMILES string of the molecule is FC(F)CN1CCC(c2c[nH]c3ccccc23)CC1. The zero-order chi connectivity index (χ0) is 13.2. The molecule has 0 unspecified atom stereocenters. The van der Waals surface area contributed by atoms with Crippen LogP contribution >= 0.6 is 0 Å². The highest BCUT2D eigenvalue weighted by atomic mass is 19.3. The fourth-order valence-electron chi connectivity index (χ4n) is 3.05. The second-order valence-corrected chi connectivity index (χ2v) is 5.26. The number of alkyl halides is 2. The van der Waals surface area contributed by atoms with Crippen LogP contribution in [0.4, 0.5) is 8.78 Å². The van der Waals surface area contributed by atoms with E-state index in [2.05, 4.69) is 23.3 Å². The molecule has 1 aromatic heterocycles. The van der Waals surface area contributed by atoms with Gasteiger partial charge in [0.05, 0.1) is 6.54 Å². The Labute approximate surface area is 111 Å². The van der Waals surface area contributed by atoms with Crippen molar-refractivity contribution in [2.75, 3.05) is 19.6 Å². The normalized spacial score (nSPS) is 18.5. The second-order valence-electron chi connectivity index (χ2n) is 5.26. The van der Waals surface area contributed by atoms with Gasteiger partial charge < -0.3 is 4.98 Å². The maximum Gasteiger partial charge on any atom is 0.251 e. The van der Waals surface area contributed by atoms with Crippen LogP contribution < -0.4 is 0 Å². The highest BCUT2D eigenvalue weighted by molar-refractivity contribution is 5.83. The Bertz CT molecular complexity index is 542. The zero-order valence-electron chi connectivity index (χ0n) is 10.8. The Morgan fingerprint density at radius 1 is 1.21 bits per heavy atom. The third-order valence-electron chi connectivity index (χ3n) is 4.04. The predicted molar refractivity (Wildman–Crippen MR) is 72.7 cm³/mol. The summed E-state index contributed by atoms with van der Waals surface area (Å²) in [5, 5.41) is 1.27. The van der Waals surface area contributed by atoms with E-state index in [9.17, 15) is 8.78 Å². The molecule has 0 radical (unpaired) electrons. The number of aromatic amines is 1. The van der Waals surface area contributed by atoms with Crippen molar-refractivity contribution < 1.29 is 8.78 Å². The predicted octanol–water partition coefficient (Wildman–Crippen LogP) is 3.61. The van der Waals surface area contributed by atoms with Gasteiger partial charge in [0.15, 0.2) is 0 Å². The average molecular weight is 264 g/mol. The molecule has 1 saturated heterocycles. The molecule has 0 atom stereocenters. The first-order valence-electron chi connectivity index (χ1n) is 6.80. The quantitative estimate of drug-likeness (QED) is 0.897. The van der Waals surface area contributed by atoms with Crippen LogP contribution in [0.2, 0.25) is 0 Å². The van der Waals surface area contributed by atoms with Crippen molar-refractivity contribution in [2.24, 2.45) is 0 Å². The summed E-state index contributed by atoms with van der Waals surface area (Å²) in [5.74, 6) is 0.491. The second kappa shape index (κ2) is 5.29. The number of likely N-dealkylation sites (tertiary alicyclic amines) is 1. The fraction of sp³-hybridized carbons (Fsp3) is 0.467. The van der Waals surface area contributed by atoms with Gasteiger partial charge in [0.1, 0.15) is 0 Å². The summed E-state index contributed by atoms with van der Waals surface area (Å²) in [6, 6.07) is 8.27. The van der Waals surface area contributed by atoms with Gasteiger partial charge >= 0.3 is 0 Å². The molecule has 19 heavy (non-hydrogen) atoms. The third-order valence-corrected chi connectivity index (χ3v) is 4.04. The number of fused-ring (bicyclic) bond motifs is 1. The number of nitrogens with one attached hydrogen (secondary N) is 1. The first kappa shape index (κ1) is 12.6. The number of para-hydroxylation sites is 1. The van der Waals surface area contributed by atoms with Crippen LogP contribution in [0.5, 0.6) is 0 Å². The van der Waals surface area contributed by atoms with Crippen LogP contribution in [0.25, 0.3) is 10.9 Å². The van der Waals surface area contributed by atoms with Gasteiger partial charge in [-0.3, -0.25) is 4.90 Å². The lowest BCUT2D eigenvalue weighted by Gasteiger charge is -2.31. The number of nitrogens with zero attached hydrogens (tertiary/aromatic N) is 1. The lowest BCUT2D eigenvalue weighted by Crippen LogP contribution is -2.36. The van der Waals surface area contributed by atoms with Crippen molar-refractivity contribution in [3.05, 3.63) is 36.0 Å². The number of piperidine rings is 1. The maximum absolute atomic E-state index is 12.4. The molecule has 0 amide bonds. The summed E-state index contributed by atoms with van der Waals surface area (Å²) >= 11 is 0. The molecule has 1 fully saturated rings. The van der Waals surface area contributed by atoms with Crippen molar-refractivity contribution in [1.82, 2.24) is 9.88 Å². The van der Waals surface area contributed by atoms with E-state index in [1.807, 2.05) is 17.0 Å². The Morgan fingerprint density at radius 2 is 1.95 bits per heavy atom. The highest BCUT2D eigenvalue weighted by Crippen LogP contribution is 2.33. The van der Waals surface area contributed by atoms with E-state index in [-0.39, 0.29) is 6.54 Å². The Kier molecular flexibility index (Phi) is 3.51. The van der Waals surface area contributed by atoms with Gasteiger partial charge in [0, 0.05) is 17.1 Å². The molecule has 1 aromatic carbocycles. The number of halogens is 2. The molecule has 0 bridgehead atoms. The van der Waals surface area contributed by atoms with Gasteiger partial charge in [0.2, 0.25) is 0 Å². The molecule has 2 aromatic rings. The van der Waals surface area contributed by atoms with E-state index in [4.69, 9.17) is 0 Å². The molecule has 2 nitrogen and oxygen atoms in total. The zero-order valence-corrected chi connectivity index (χ0v) is 10.8. The summed E-state index contributed by atoms with van der Waals surface area (Å²) in [4.78, 5) is 5.17. The summed E-state index contributed by atoms with van der Waals surface area (Å²) in [7, 11) is 0. The molecule has 0 aliphatic carbocycles. The largest absolute Gasteiger partial charge is 0.361 e. The maximum atomic E-state index is 12.4. The third kappa shape index (κ3) is 2.63. The molecular weight excluding hydrogens is 246 g/mol. The number of H-pyrrole nitrogens is 1. The van der Waals surface area contributed by atoms with Gasteiger partial charge in [0.25, 0.3) is 6.43 Å². The average Bonchev–Trinajstić information content (AvgIpc) is 2.83. The van der Waals surface area contributed by atoms with E-state index < -0.39 is 6.43 Å². The van der Waals surface area contributed by atoms with E-state index in [1.165, 1.54) is 10.9 Å². The summed E-state index contributed by atoms with van der Waals surface area (Å²) in [6.07, 6.45) is 1.80. The van der Waals surface area contributed by atoms with Gasteiger partial charge in [-0.1, -0.05) is 18.2 Å². The topological polar surface area (TPSA) is 19.0 Å². The molecule has 1 aliphatic heterocycles. The van der Waals surface area contributed by atoms with E-state index in [0.717, 1.165) is 31.4 Å². The van der Waals surface area contributed by atoms with Crippen LogP contribution in [-0.2, 0) is 0 Å². The fourth-order valence-corrected chi connectivity index (χ4v) is 3.05. The van der Waals surface area contributed by atoms with Gasteiger partial charge in [-0.05, 0) is 43.5 Å². The van der Waals surface area contributed by atoms with Crippen LogP contribution in [0.3, 0.4) is 0 Å². The minimum absolute atomic E-state index is 0.0827. The monoisotopic (exact) mass is 264 g/mol. The van der Waals surface area contributed by atoms with Gasteiger partial charge in [-0.2, -0.15) is 0 Å². The summed E-state index contributed by atoms with van der Waals surface area (Å²) in [5.41, 5.74) is 2.50. The molecule has 3 rings (SSSR count). The van der Waals surface area contributed by atoms with E-state index >= 15 is 0 Å². The van der Waals surface area contributed by atoms with Crippen molar-refractivity contribution in [2.45, 2.75) is 25.2 Å². The minimum atomic E-state index is -2.22. The minimum Gasteiger partial charge on any atom is -0.361 e. The smallest absolute Gasteiger partial charge is 0.251 e. The Balaban J connectivity index is 1.71. The Hall–Kier alpha value is -1.42. The Morgan fingerprint density at radius 3 is 2.68 bits per heavy atom. The van der Waals surface area contributed by atoms with E-state index in [0.29, 0.717) is 5.92 Å². The van der Waals surface area contributed by atoms with Crippen molar-refractivity contribution in [1.29, 1.82) is 0 Å². The van der Waals surface area contributed by atoms with Crippen molar-refractivity contribution >= 4 is 10.9 Å². The number of hydrogen-bond donors (Lipinski definition) is 1. The molecule has 0 spiro atoms. The van der Waals surface area contributed by atoms with Crippen molar-refractivity contribution in [3.63, 3.8) is 0 Å². The lowest BCUT2D eigenvalue weighted by atomic mass is 9.89. The van der Waals surface area contributed by atoms with Crippen LogP contribution in [-0.4, -0.2) is 35.9 Å². The standard InChI is InChI=1S/C15H18F2N2/c16-15(17)10-19-7-5-11(6-8-19)13-9-18-14-4-2-1-3-12(13)14/h1-4,9,11,15,18H,5-8,10H2. The number of hydrogen-bond acceptors (Lipinski definition) is 1. The number of aromatic nitrogens is 1. The van der Waals surface area contributed by atoms with Gasteiger partial charge in [-0.25, -0.2) is 8.78 Å². The molecule has 1 aliphatic rings. The van der Waals surface area contributed by atoms with Gasteiger partial charge in [-0.15, -0.1) is 0 Å². The lowest BCUT2D eigenvalue weighted by molar-refractivity contribution is 0.0755. The molecule has 102 valence electrons. The first-order chi connectivity index (χ1) is 9.24. The summed E-state index contributed by atoms with van der Waals surface area (Å²) < 4.78 is 24.7. The van der Waals surface area contributed by atoms with Crippen LogP contribution in [0.15, 0.2) is 30.5 Å². The van der Waals surface area contributed by atoms with E-state index in [1.54, 1.807) is 0 Å². The molecule has 1 N–H and O–H groups in total. The number of rotatable bonds is 3. The van der Waals surface area contributed by atoms with Crippen LogP contribution in [0, 0.1) is 0 Å². The molecular formula is C15H18F2N2.